The van der Waals surface area contributed by atoms with Gasteiger partial charge in [0.2, 0.25) is 0 Å². The number of carbonyl (C=O) groups excluding carboxylic acids is 1. The van der Waals surface area contributed by atoms with Crippen molar-refractivity contribution in [3.8, 4) is 0 Å². The third-order valence-electron chi connectivity index (χ3n) is 3.06. The van der Waals surface area contributed by atoms with Gasteiger partial charge in [-0.3, -0.25) is 4.79 Å². The predicted octanol–water partition coefficient (Wildman–Crippen LogP) is 4.78. The van der Waals surface area contributed by atoms with Gasteiger partial charge in [0.1, 0.15) is 0 Å². The maximum absolute atomic E-state index is 12.2. The second-order valence-electron chi connectivity index (χ2n) is 4.20. The molecule has 0 atom stereocenters. The summed E-state index contributed by atoms with van der Waals surface area (Å²) in [5.74, 6) is -0.0679. The van der Waals surface area contributed by atoms with Crippen LogP contribution in [0.25, 0.3) is 0 Å². The Morgan fingerprint density at radius 2 is 2.05 bits per heavy atom. The number of amides is 1. The molecule has 1 aromatic heterocycles. The van der Waals surface area contributed by atoms with Crippen LogP contribution >= 0.6 is 22.9 Å². The van der Waals surface area contributed by atoms with Crippen molar-refractivity contribution >= 4 is 34.5 Å². The molecule has 0 aliphatic heterocycles. The van der Waals surface area contributed by atoms with Gasteiger partial charge < -0.3 is 5.32 Å². The van der Waals surface area contributed by atoms with Crippen LogP contribution in [0.4, 0.5) is 5.69 Å². The smallest absolute Gasteiger partial charge is 0.265 e. The van der Waals surface area contributed by atoms with Gasteiger partial charge in [0, 0.05) is 10.7 Å². The molecule has 0 saturated heterocycles. The molecule has 0 bridgehead atoms. The van der Waals surface area contributed by atoms with E-state index in [1.54, 1.807) is 0 Å². The average molecular weight is 294 g/mol. The number of hydrogen-bond acceptors (Lipinski definition) is 2. The highest BCUT2D eigenvalue weighted by Gasteiger charge is 2.14. The van der Waals surface area contributed by atoms with Crippen molar-refractivity contribution in [2.45, 2.75) is 26.7 Å². The molecular weight excluding hydrogens is 278 g/mol. The quantitative estimate of drug-likeness (QED) is 0.863. The number of halogens is 1. The minimum Gasteiger partial charge on any atom is -0.321 e. The number of thiophene rings is 1. The van der Waals surface area contributed by atoms with Crippen LogP contribution in [-0.4, -0.2) is 5.91 Å². The van der Waals surface area contributed by atoms with Crippen molar-refractivity contribution in [3.05, 3.63) is 50.7 Å². The highest BCUT2D eigenvalue weighted by molar-refractivity contribution is 7.12. The fourth-order valence-corrected chi connectivity index (χ4v) is 2.96. The molecule has 4 heteroatoms. The van der Waals surface area contributed by atoms with E-state index >= 15 is 0 Å². The predicted molar refractivity (Wildman–Crippen MR) is 82.5 cm³/mol. The van der Waals surface area contributed by atoms with Crippen molar-refractivity contribution in [1.82, 2.24) is 0 Å². The third kappa shape index (κ3) is 2.99. The maximum Gasteiger partial charge on any atom is 0.265 e. The largest absolute Gasteiger partial charge is 0.321 e. The first-order valence-electron chi connectivity index (χ1n) is 6.32. The van der Waals surface area contributed by atoms with Crippen molar-refractivity contribution in [2.24, 2.45) is 0 Å². The summed E-state index contributed by atoms with van der Waals surface area (Å²) in [5, 5.41) is 5.62. The Hall–Kier alpha value is -1.32. The number of hydrogen-bond donors (Lipinski definition) is 1. The van der Waals surface area contributed by atoms with Crippen LogP contribution in [0, 0.1) is 0 Å². The monoisotopic (exact) mass is 293 g/mol. The van der Waals surface area contributed by atoms with E-state index in [9.17, 15) is 4.79 Å². The van der Waals surface area contributed by atoms with Gasteiger partial charge in [-0.2, -0.15) is 0 Å². The minimum absolute atomic E-state index is 0.0679. The highest BCUT2D eigenvalue weighted by Crippen LogP contribution is 2.30. The standard InChI is InChI=1S/C15H16ClNOS/c1-3-10-7-8-12(16)11(4-2)14(10)17-15(18)13-6-5-9-19-13/h5-9H,3-4H2,1-2H3,(H,17,18). The Morgan fingerprint density at radius 3 is 2.63 bits per heavy atom. The molecule has 1 amide bonds. The topological polar surface area (TPSA) is 29.1 Å². The van der Waals surface area contributed by atoms with E-state index < -0.39 is 0 Å². The molecule has 0 fully saturated rings. The summed E-state index contributed by atoms with van der Waals surface area (Å²) in [7, 11) is 0. The lowest BCUT2D eigenvalue weighted by atomic mass is 10.0. The maximum atomic E-state index is 12.2. The Kier molecular flexibility index (Phi) is 4.61. The van der Waals surface area contributed by atoms with Crippen LogP contribution in [-0.2, 0) is 12.8 Å². The van der Waals surface area contributed by atoms with E-state index in [0.29, 0.717) is 9.90 Å². The summed E-state index contributed by atoms with van der Waals surface area (Å²) in [4.78, 5) is 12.9. The van der Waals surface area contributed by atoms with Crippen LogP contribution in [0.2, 0.25) is 5.02 Å². The minimum atomic E-state index is -0.0679. The SMILES string of the molecule is CCc1ccc(Cl)c(CC)c1NC(=O)c1cccs1. The normalized spacial score (nSPS) is 10.5. The molecule has 1 N–H and O–H groups in total. The van der Waals surface area contributed by atoms with Gasteiger partial charge in [-0.15, -0.1) is 11.3 Å². The summed E-state index contributed by atoms with van der Waals surface area (Å²) in [6.07, 6.45) is 1.66. The zero-order chi connectivity index (χ0) is 13.8. The fourth-order valence-electron chi connectivity index (χ4n) is 2.05. The van der Waals surface area contributed by atoms with E-state index in [4.69, 9.17) is 11.6 Å². The molecule has 2 rings (SSSR count). The van der Waals surface area contributed by atoms with Gasteiger partial charge in [-0.25, -0.2) is 0 Å². The molecule has 19 heavy (non-hydrogen) atoms. The van der Waals surface area contributed by atoms with Gasteiger partial charge in [0.05, 0.1) is 4.88 Å². The van der Waals surface area contributed by atoms with Crippen molar-refractivity contribution < 1.29 is 4.79 Å². The fraction of sp³-hybridized carbons (Fsp3) is 0.267. The number of aryl methyl sites for hydroxylation is 1. The second-order valence-corrected chi connectivity index (χ2v) is 5.55. The zero-order valence-corrected chi connectivity index (χ0v) is 12.6. The van der Waals surface area contributed by atoms with E-state index in [-0.39, 0.29) is 5.91 Å². The first-order valence-corrected chi connectivity index (χ1v) is 7.58. The summed E-state index contributed by atoms with van der Waals surface area (Å²) in [6, 6.07) is 7.58. The number of nitrogens with one attached hydrogen (secondary N) is 1. The van der Waals surface area contributed by atoms with Crippen molar-refractivity contribution in [3.63, 3.8) is 0 Å². The molecule has 0 aliphatic rings. The Morgan fingerprint density at radius 1 is 1.26 bits per heavy atom. The lowest BCUT2D eigenvalue weighted by Gasteiger charge is -2.15. The van der Waals surface area contributed by atoms with Crippen molar-refractivity contribution in [2.75, 3.05) is 5.32 Å². The first kappa shape index (κ1) is 14.1. The van der Waals surface area contributed by atoms with Crippen molar-refractivity contribution in [1.29, 1.82) is 0 Å². The number of anilines is 1. The molecule has 0 saturated carbocycles. The zero-order valence-electron chi connectivity index (χ0n) is 11.0. The molecule has 0 aliphatic carbocycles. The Bertz CT molecular complexity index is 578. The summed E-state index contributed by atoms with van der Waals surface area (Å²) in [6.45, 7) is 4.12. The van der Waals surface area contributed by atoms with Gasteiger partial charge in [0.25, 0.3) is 5.91 Å². The van der Waals surface area contributed by atoms with Crippen LogP contribution < -0.4 is 5.32 Å². The van der Waals surface area contributed by atoms with Crippen LogP contribution in [0.15, 0.2) is 29.6 Å². The first-order chi connectivity index (χ1) is 9.17. The molecule has 0 spiro atoms. The molecule has 0 unspecified atom stereocenters. The van der Waals surface area contributed by atoms with Gasteiger partial charge in [0.15, 0.2) is 0 Å². The van der Waals surface area contributed by atoms with E-state index in [0.717, 1.165) is 29.7 Å². The van der Waals surface area contributed by atoms with Gasteiger partial charge in [-0.1, -0.05) is 37.6 Å². The molecule has 2 aromatic rings. The van der Waals surface area contributed by atoms with Crippen LogP contribution in [0.1, 0.15) is 34.6 Å². The molecular formula is C15H16ClNOS. The van der Waals surface area contributed by atoms with E-state index in [1.807, 2.05) is 36.6 Å². The van der Waals surface area contributed by atoms with Gasteiger partial charge >= 0.3 is 0 Å². The Labute approximate surface area is 122 Å². The molecule has 0 radical (unpaired) electrons. The summed E-state index contributed by atoms with van der Waals surface area (Å²) >= 11 is 7.65. The number of rotatable bonds is 4. The van der Waals surface area contributed by atoms with E-state index in [2.05, 4.69) is 12.2 Å². The second kappa shape index (κ2) is 6.22. The summed E-state index contributed by atoms with van der Waals surface area (Å²) < 4.78 is 0. The number of carbonyl (C=O) groups is 1. The average Bonchev–Trinajstić information content (AvgIpc) is 2.93. The van der Waals surface area contributed by atoms with Crippen LogP contribution in [0.5, 0.6) is 0 Å². The van der Waals surface area contributed by atoms with Crippen LogP contribution in [0.3, 0.4) is 0 Å². The lowest BCUT2D eigenvalue weighted by Crippen LogP contribution is -2.13. The van der Waals surface area contributed by atoms with E-state index in [1.165, 1.54) is 11.3 Å². The Balaban J connectivity index is 2.38. The van der Waals surface area contributed by atoms with Gasteiger partial charge in [-0.05, 0) is 41.5 Å². The molecule has 100 valence electrons. The molecule has 2 nitrogen and oxygen atoms in total. The molecule has 1 heterocycles. The summed E-state index contributed by atoms with van der Waals surface area (Å²) in [5.41, 5.74) is 2.99. The molecule has 1 aromatic carbocycles. The number of benzene rings is 1. The highest BCUT2D eigenvalue weighted by atomic mass is 35.5. The lowest BCUT2D eigenvalue weighted by molar-refractivity contribution is 0.103. The third-order valence-corrected chi connectivity index (χ3v) is 4.28.